The summed E-state index contributed by atoms with van der Waals surface area (Å²) in [5, 5.41) is 8.64. The molecule has 0 unspecified atom stereocenters. The maximum atomic E-state index is 5.99. The van der Waals surface area contributed by atoms with E-state index in [1.54, 1.807) is 24.9 Å². The van der Waals surface area contributed by atoms with Crippen LogP contribution in [0.25, 0.3) is 55.8 Å². The molecule has 0 radical (unpaired) electrons. The molecule has 0 amide bonds. The fraction of sp³-hybridized carbons (Fsp3) is 0.0345. The molecule has 0 aliphatic carbocycles. The van der Waals surface area contributed by atoms with Gasteiger partial charge < -0.3 is 14.1 Å². The zero-order valence-electron chi connectivity index (χ0n) is 19.6. The minimum Gasteiger partial charge on any atom is -0.487 e. The molecule has 0 fully saturated rings. The molecule has 7 rings (SSSR count). The van der Waals surface area contributed by atoms with Crippen LogP contribution in [0.15, 0.2) is 102 Å². The number of ether oxygens (including phenoxy) is 1. The van der Waals surface area contributed by atoms with Crippen molar-refractivity contribution in [3.8, 4) is 39.7 Å². The van der Waals surface area contributed by atoms with Crippen molar-refractivity contribution in [1.29, 1.82) is 0 Å². The summed E-state index contributed by atoms with van der Waals surface area (Å²) in [6, 6.07) is 22.0. The lowest BCUT2D eigenvalue weighted by molar-refractivity contribution is 0.305. The van der Waals surface area contributed by atoms with E-state index in [9.17, 15) is 0 Å². The topological polar surface area (TPSA) is 106 Å². The van der Waals surface area contributed by atoms with Gasteiger partial charge in [0.05, 0.1) is 29.8 Å². The lowest BCUT2D eigenvalue weighted by Crippen LogP contribution is -1.95. The standard InChI is InChI=1S/C29H20N6O2/c1-2-4-18(5-3-1)16-37-22-12-21(14-30-15-22)19-6-7-24-23(13-19)27(35-34-24)29-32-25-8-10-31-26(28(25)33-29)20-9-11-36-17-20/h1-15,17H,16H2,(H,32,33)(H,34,35). The van der Waals surface area contributed by atoms with E-state index >= 15 is 0 Å². The highest BCUT2D eigenvalue weighted by Crippen LogP contribution is 2.33. The van der Waals surface area contributed by atoms with Crippen LogP contribution in [0.4, 0.5) is 0 Å². The van der Waals surface area contributed by atoms with Gasteiger partial charge >= 0.3 is 0 Å². The van der Waals surface area contributed by atoms with Gasteiger partial charge in [0.15, 0.2) is 5.82 Å². The number of furan rings is 1. The van der Waals surface area contributed by atoms with E-state index in [1.807, 2.05) is 66.9 Å². The number of pyridine rings is 2. The zero-order valence-corrected chi connectivity index (χ0v) is 19.6. The van der Waals surface area contributed by atoms with Gasteiger partial charge in [-0.15, -0.1) is 0 Å². The molecule has 8 nitrogen and oxygen atoms in total. The van der Waals surface area contributed by atoms with Gasteiger partial charge in [-0.2, -0.15) is 5.10 Å². The van der Waals surface area contributed by atoms with Crippen molar-refractivity contribution in [2.75, 3.05) is 0 Å². The number of imidazole rings is 1. The maximum absolute atomic E-state index is 5.99. The Labute approximate surface area is 211 Å². The van der Waals surface area contributed by atoms with E-state index in [0.29, 0.717) is 18.2 Å². The number of fused-ring (bicyclic) bond motifs is 2. The van der Waals surface area contributed by atoms with Crippen LogP contribution in [-0.2, 0) is 6.61 Å². The maximum Gasteiger partial charge on any atom is 0.159 e. The van der Waals surface area contributed by atoms with Crippen molar-refractivity contribution in [1.82, 2.24) is 30.1 Å². The fourth-order valence-corrected chi connectivity index (χ4v) is 4.43. The summed E-state index contributed by atoms with van der Waals surface area (Å²) >= 11 is 0. The molecule has 0 aliphatic rings. The summed E-state index contributed by atoms with van der Waals surface area (Å²) in [5.74, 6) is 1.37. The molecule has 5 heterocycles. The highest BCUT2D eigenvalue weighted by molar-refractivity contribution is 5.97. The van der Waals surface area contributed by atoms with Crippen molar-refractivity contribution in [3.05, 3.63) is 103 Å². The fourth-order valence-electron chi connectivity index (χ4n) is 4.43. The lowest BCUT2D eigenvalue weighted by atomic mass is 10.0. The van der Waals surface area contributed by atoms with Gasteiger partial charge in [0, 0.05) is 28.9 Å². The molecule has 5 aromatic heterocycles. The van der Waals surface area contributed by atoms with Crippen molar-refractivity contribution in [2.45, 2.75) is 6.61 Å². The number of hydrogen-bond donors (Lipinski definition) is 2. The number of aromatic nitrogens is 6. The number of nitrogens with one attached hydrogen (secondary N) is 2. The number of nitrogens with zero attached hydrogens (tertiary/aromatic N) is 4. The van der Waals surface area contributed by atoms with Crippen LogP contribution in [-0.4, -0.2) is 30.1 Å². The Morgan fingerprint density at radius 2 is 1.78 bits per heavy atom. The monoisotopic (exact) mass is 484 g/mol. The first kappa shape index (κ1) is 21.1. The summed E-state index contributed by atoms with van der Waals surface area (Å²) in [5.41, 5.74) is 7.98. The highest BCUT2D eigenvalue weighted by Gasteiger charge is 2.17. The molecule has 0 spiro atoms. The molecule has 0 saturated heterocycles. The molecule has 0 saturated carbocycles. The molecule has 0 bridgehead atoms. The van der Waals surface area contributed by atoms with E-state index < -0.39 is 0 Å². The van der Waals surface area contributed by atoms with Gasteiger partial charge in [0.1, 0.15) is 29.3 Å². The third kappa shape index (κ3) is 3.90. The predicted octanol–water partition coefficient (Wildman–Crippen LogP) is 6.40. The third-order valence-electron chi connectivity index (χ3n) is 6.28. The first-order valence-electron chi connectivity index (χ1n) is 11.8. The normalized spacial score (nSPS) is 11.4. The van der Waals surface area contributed by atoms with Crippen molar-refractivity contribution < 1.29 is 9.15 Å². The molecule has 178 valence electrons. The van der Waals surface area contributed by atoms with Crippen LogP contribution in [0.2, 0.25) is 0 Å². The quantitative estimate of drug-likeness (QED) is 0.283. The van der Waals surface area contributed by atoms with E-state index in [4.69, 9.17) is 14.1 Å². The second-order valence-electron chi connectivity index (χ2n) is 8.67. The lowest BCUT2D eigenvalue weighted by Gasteiger charge is -2.08. The van der Waals surface area contributed by atoms with E-state index in [2.05, 4.69) is 31.2 Å². The largest absolute Gasteiger partial charge is 0.487 e. The van der Waals surface area contributed by atoms with Crippen molar-refractivity contribution in [2.24, 2.45) is 0 Å². The predicted molar refractivity (Wildman–Crippen MR) is 141 cm³/mol. The molecule has 0 aliphatic heterocycles. The minimum atomic E-state index is 0.485. The zero-order chi connectivity index (χ0) is 24.6. The number of aromatic amines is 2. The molecule has 8 heteroatoms. The minimum absolute atomic E-state index is 0.485. The van der Waals surface area contributed by atoms with E-state index in [-0.39, 0.29) is 0 Å². The molecular formula is C29H20N6O2. The highest BCUT2D eigenvalue weighted by atomic mass is 16.5. The molecular weight excluding hydrogens is 464 g/mol. The Bertz CT molecular complexity index is 1840. The van der Waals surface area contributed by atoms with Crippen LogP contribution >= 0.6 is 0 Å². The molecule has 2 aromatic carbocycles. The first-order valence-corrected chi connectivity index (χ1v) is 11.8. The van der Waals surface area contributed by atoms with Crippen LogP contribution in [0.3, 0.4) is 0 Å². The summed E-state index contributed by atoms with van der Waals surface area (Å²) in [7, 11) is 0. The summed E-state index contributed by atoms with van der Waals surface area (Å²) in [4.78, 5) is 17.2. The summed E-state index contributed by atoms with van der Waals surface area (Å²) in [6.45, 7) is 0.485. The van der Waals surface area contributed by atoms with E-state index in [1.165, 1.54) is 0 Å². The smallest absolute Gasteiger partial charge is 0.159 e. The molecule has 2 N–H and O–H groups in total. The second kappa shape index (κ2) is 8.76. The van der Waals surface area contributed by atoms with Gasteiger partial charge in [0.2, 0.25) is 0 Å². The van der Waals surface area contributed by atoms with Gasteiger partial charge in [-0.25, -0.2) is 4.98 Å². The molecule has 37 heavy (non-hydrogen) atoms. The Balaban J connectivity index is 1.24. The van der Waals surface area contributed by atoms with Gasteiger partial charge in [-0.05, 0) is 41.5 Å². The van der Waals surface area contributed by atoms with Gasteiger partial charge in [-0.1, -0.05) is 36.4 Å². The Morgan fingerprint density at radius 3 is 2.68 bits per heavy atom. The Morgan fingerprint density at radius 1 is 0.838 bits per heavy atom. The number of hydrogen-bond acceptors (Lipinski definition) is 6. The van der Waals surface area contributed by atoms with Gasteiger partial charge in [0.25, 0.3) is 0 Å². The van der Waals surface area contributed by atoms with E-state index in [0.717, 1.165) is 55.6 Å². The van der Waals surface area contributed by atoms with Crippen molar-refractivity contribution in [3.63, 3.8) is 0 Å². The molecule has 0 atom stereocenters. The second-order valence-corrected chi connectivity index (χ2v) is 8.67. The number of benzene rings is 2. The Hall–Kier alpha value is -5.24. The summed E-state index contributed by atoms with van der Waals surface area (Å²) < 4.78 is 11.2. The number of H-pyrrole nitrogens is 2. The van der Waals surface area contributed by atoms with Crippen LogP contribution in [0.1, 0.15) is 5.56 Å². The SMILES string of the molecule is c1ccc(COc2cncc(-c3ccc4[nH]nc(-c5nc6c(-c7ccoc7)nccc6[nH]5)c4c3)c2)cc1. The summed E-state index contributed by atoms with van der Waals surface area (Å²) in [6.07, 6.45) is 8.61. The van der Waals surface area contributed by atoms with Crippen LogP contribution in [0.5, 0.6) is 5.75 Å². The average molecular weight is 485 g/mol. The first-order chi connectivity index (χ1) is 18.3. The van der Waals surface area contributed by atoms with Crippen molar-refractivity contribution >= 4 is 21.9 Å². The third-order valence-corrected chi connectivity index (χ3v) is 6.28. The number of rotatable bonds is 6. The van der Waals surface area contributed by atoms with Crippen LogP contribution in [0, 0.1) is 0 Å². The average Bonchev–Trinajstić information content (AvgIpc) is 3.71. The molecule has 7 aromatic rings. The van der Waals surface area contributed by atoms with Gasteiger partial charge in [-0.3, -0.25) is 15.1 Å². The Kier molecular flexibility index (Phi) is 4.99. The van der Waals surface area contributed by atoms with Crippen LogP contribution < -0.4 is 4.74 Å².